The molecule has 2 rings (SSSR count). The van der Waals surface area contributed by atoms with Crippen LogP contribution >= 0.6 is 0 Å². The summed E-state index contributed by atoms with van der Waals surface area (Å²) in [6.07, 6.45) is 1.03. The zero-order valence-corrected chi connectivity index (χ0v) is 6.58. The number of fused-ring (bicyclic) bond motifs is 1. The van der Waals surface area contributed by atoms with Crippen LogP contribution in [0.2, 0.25) is 0 Å². The van der Waals surface area contributed by atoms with Crippen LogP contribution in [0, 0.1) is 0 Å². The Bertz CT molecular complexity index is 259. The Morgan fingerprint density at radius 3 is 3.00 bits per heavy atom. The first-order valence-electron chi connectivity index (χ1n) is 3.82. The standard InChI is InChI=1S/C9H11NO/c1-10-9-5-3-2-4-8(9)6-7-11-10/h2-5H,6-7H2,1H3. The summed E-state index contributed by atoms with van der Waals surface area (Å²) in [6.45, 7) is 0.799. The summed E-state index contributed by atoms with van der Waals surface area (Å²) in [5.41, 5.74) is 2.57. The van der Waals surface area contributed by atoms with Gasteiger partial charge in [0, 0.05) is 13.5 Å². The molecule has 0 aromatic heterocycles. The molecule has 1 aromatic carbocycles. The second-order valence-corrected chi connectivity index (χ2v) is 2.71. The fourth-order valence-electron chi connectivity index (χ4n) is 1.39. The van der Waals surface area contributed by atoms with E-state index in [1.807, 2.05) is 18.2 Å². The van der Waals surface area contributed by atoms with Gasteiger partial charge in [-0.3, -0.25) is 9.90 Å². The van der Waals surface area contributed by atoms with Crippen LogP contribution in [0.5, 0.6) is 0 Å². The van der Waals surface area contributed by atoms with Crippen molar-refractivity contribution < 1.29 is 4.84 Å². The molecule has 0 fully saturated rings. The normalized spacial score (nSPS) is 16.3. The minimum Gasteiger partial charge on any atom is -0.273 e. The van der Waals surface area contributed by atoms with Crippen LogP contribution in [0.1, 0.15) is 5.56 Å². The van der Waals surface area contributed by atoms with E-state index >= 15 is 0 Å². The summed E-state index contributed by atoms with van der Waals surface area (Å²) in [5.74, 6) is 0. The van der Waals surface area contributed by atoms with Crippen molar-refractivity contribution in [1.29, 1.82) is 0 Å². The minimum atomic E-state index is 0.799. The van der Waals surface area contributed by atoms with E-state index in [1.54, 1.807) is 0 Å². The summed E-state index contributed by atoms with van der Waals surface area (Å²) in [5, 5.41) is 1.83. The van der Waals surface area contributed by atoms with Gasteiger partial charge in [-0.2, -0.15) is 0 Å². The molecule has 0 N–H and O–H groups in total. The summed E-state index contributed by atoms with van der Waals surface area (Å²) in [6, 6.07) is 8.32. The van der Waals surface area contributed by atoms with Gasteiger partial charge in [0.2, 0.25) is 0 Å². The Morgan fingerprint density at radius 2 is 2.18 bits per heavy atom. The molecule has 0 saturated heterocycles. The zero-order valence-electron chi connectivity index (χ0n) is 6.58. The van der Waals surface area contributed by atoms with Gasteiger partial charge in [-0.1, -0.05) is 18.2 Å². The number of hydroxylamine groups is 1. The molecule has 0 bridgehead atoms. The van der Waals surface area contributed by atoms with Gasteiger partial charge in [-0.15, -0.1) is 0 Å². The number of hydrogen-bond donors (Lipinski definition) is 0. The molecule has 0 spiro atoms. The van der Waals surface area contributed by atoms with Gasteiger partial charge in [0.05, 0.1) is 12.3 Å². The SMILES string of the molecule is CN1OCCc2ccccc21. The summed E-state index contributed by atoms with van der Waals surface area (Å²) in [4.78, 5) is 5.34. The van der Waals surface area contributed by atoms with Crippen LogP contribution in [0.4, 0.5) is 5.69 Å². The second-order valence-electron chi connectivity index (χ2n) is 2.71. The molecule has 0 saturated carbocycles. The third-order valence-corrected chi connectivity index (χ3v) is 1.99. The molecule has 2 heteroatoms. The Hall–Kier alpha value is -1.02. The fourth-order valence-corrected chi connectivity index (χ4v) is 1.39. The minimum absolute atomic E-state index is 0.799. The predicted octanol–water partition coefficient (Wildman–Crippen LogP) is 1.61. The smallest absolute Gasteiger partial charge is 0.0789 e. The van der Waals surface area contributed by atoms with Gasteiger partial charge in [0.15, 0.2) is 0 Å². The Labute approximate surface area is 66.3 Å². The van der Waals surface area contributed by atoms with Crippen molar-refractivity contribution >= 4 is 5.69 Å². The highest BCUT2D eigenvalue weighted by Crippen LogP contribution is 2.23. The van der Waals surface area contributed by atoms with Crippen LogP contribution < -0.4 is 5.06 Å². The van der Waals surface area contributed by atoms with Crippen molar-refractivity contribution in [3.8, 4) is 0 Å². The predicted molar refractivity (Wildman–Crippen MR) is 44.5 cm³/mol. The van der Waals surface area contributed by atoms with Gasteiger partial charge in [0.1, 0.15) is 0 Å². The van der Waals surface area contributed by atoms with Crippen molar-refractivity contribution in [2.24, 2.45) is 0 Å². The number of anilines is 1. The number of para-hydroxylation sites is 1. The van der Waals surface area contributed by atoms with Crippen LogP contribution in [-0.2, 0) is 11.3 Å². The van der Waals surface area contributed by atoms with E-state index in [-0.39, 0.29) is 0 Å². The molecule has 11 heavy (non-hydrogen) atoms. The average Bonchev–Trinajstić information content (AvgIpc) is 2.06. The van der Waals surface area contributed by atoms with Crippen LogP contribution in [0.25, 0.3) is 0 Å². The lowest BCUT2D eigenvalue weighted by molar-refractivity contribution is 0.114. The molecule has 58 valence electrons. The Morgan fingerprint density at radius 1 is 1.36 bits per heavy atom. The maximum absolute atomic E-state index is 5.34. The van der Waals surface area contributed by atoms with Crippen molar-refractivity contribution in [1.82, 2.24) is 0 Å². The lowest BCUT2D eigenvalue weighted by atomic mass is 10.1. The van der Waals surface area contributed by atoms with Crippen LogP contribution in [0.3, 0.4) is 0 Å². The van der Waals surface area contributed by atoms with Gasteiger partial charge >= 0.3 is 0 Å². The first-order valence-corrected chi connectivity index (χ1v) is 3.82. The lowest BCUT2D eigenvalue weighted by Gasteiger charge is -2.26. The number of rotatable bonds is 0. The molecule has 1 aliphatic heterocycles. The number of nitrogens with zero attached hydrogens (tertiary/aromatic N) is 1. The van der Waals surface area contributed by atoms with Crippen molar-refractivity contribution in [2.75, 3.05) is 18.7 Å². The first-order chi connectivity index (χ1) is 5.38. The van der Waals surface area contributed by atoms with Gasteiger partial charge in [-0.05, 0) is 11.6 Å². The molecule has 1 aromatic rings. The largest absolute Gasteiger partial charge is 0.273 e. The molecular formula is C9H11NO. The molecular weight excluding hydrogens is 138 g/mol. The molecule has 0 radical (unpaired) electrons. The maximum atomic E-state index is 5.34. The molecule has 2 nitrogen and oxygen atoms in total. The first kappa shape index (κ1) is 6.68. The third kappa shape index (κ3) is 1.10. The van der Waals surface area contributed by atoms with Gasteiger partial charge in [0.25, 0.3) is 0 Å². The maximum Gasteiger partial charge on any atom is 0.0789 e. The summed E-state index contributed by atoms with van der Waals surface area (Å²) < 4.78 is 0. The van der Waals surface area contributed by atoms with E-state index in [0.29, 0.717) is 0 Å². The van der Waals surface area contributed by atoms with Crippen molar-refractivity contribution in [3.63, 3.8) is 0 Å². The monoisotopic (exact) mass is 149 g/mol. The van der Waals surface area contributed by atoms with E-state index in [0.717, 1.165) is 13.0 Å². The summed E-state index contributed by atoms with van der Waals surface area (Å²) in [7, 11) is 1.94. The lowest BCUT2D eigenvalue weighted by Crippen LogP contribution is -2.25. The average molecular weight is 149 g/mol. The van der Waals surface area contributed by atoms with Gasteiger partial charge in [-0.25, -0.2) is 0 Å². The van der Waals surface area contributed by atoms with Gasteiger partial charge < -0.3 is 0 Å². The highest BCUT2D eigenvalue weighted by atomic mass is 16.7. The van der Waals surface area contributed by atoms with E-state index in [1.165, 1.54) is 11.3 Å². The Balaban J connectivity index is 2.44. The topological polar surface area (TPSA) is 12.5 Å². The van der Waals surface area contributed by atoms with E-state index in [2.05, 4.69) is 18.2 Å². The highest BCUT2D eigenvalue weighted by Gasteiger charge is 2.11. The molecule has 0 aliphatic carbocycles. The van der Waals surface area contributed by atoms with E-state index in [4.69, 9.17) is 4.84 Å². The van der Waals surface area contributed by atoms with Crippen LogP contribution in [0.15, 0.2) is 24.3 Å². The second kappa shape index (κ2) is 2.55. The van der Waals surface area contributed by atoms with Crippen molar-refractivity contribution in [2.45, 2.75) is 6.42 Å². The Kier molecular flexibility index (Phi) is 1.55. The molecule has 1 heterocycles. The molecule has 0 amide bonds. The third-order valence-electron chi connectivity index (χ3n) is 1.99. The molecule has 1 aliphatic rings. The van der Waals surface area contributed by atoms with Crippen molar-refractivity contribution in [3.05, 3.63) is 29.8 Å². The summed E-state index contributed by atoms with van der Waals surface area (Å²) >= 11 is 0. The quantitative estimate of drug-likeness (QED) is 0.555. The fraction of sp³-hybridized carbons (Fsp3) is 0.333. The number of hydrogen-bond acceptors (Lipinski definition) is 2. The highest BCUT2D eigenvalue weighted by molar-refractivity contribution is 5.52. The molecule has 0 atom stereocenters. The van der Waals surface area contributed by atoms with E-state index in [9.17, 15) is 0 Å². The van der Waals surface area contributed by atoms with Crippen LogP contribution in [-0.4, -0.2) is 13.7 Å². The molecule has 0 unspecified atom stereocenters. The zero-order chi connectivity index (χ0) is 7.68. The van der Waals surface area contributed by atoms with E-state index < -0.39 is 0 Å². The number of benzene rings is 1.